The molecule has 3 N–H and O–H groups in total. The first-order chi connectivity index (χ1) is 38.6. The summed E-state index contributed by atoms with van der Waals surface area (Å²) in [6, 6.07) is 0. The van der Waals surface area contributed by atoms with Crippen LogP contribution in [0, 0.1) is 0 Å². The highest BCUT2D eigenvalue weighted by molar-refractivity contribution is 5.74. The number of aliphatic hydroxyl groups is 2. The molecular formula is C67H114O12. The molecule has 6 unspecified atom stereocenters. The number of hydrogen-bond acceptors (Lipinski definition) is 11. The van der Waals surface area contributed by atoms with Gasteiger partial charge in [-0.15, -0.1) is 0 Å². The van der Waals surface area contributed by atoms with Crippen molar-refractivity contribution in [2.75, 3.05) is 13.2 Å². The van der Waals surface area contributed by atoms with E-state index < -0.39 is 67.3 Å². The molecule has 454 valence electrons. The Kier molecular flexibility index (Phi) is 50.7. The van der Waals surface area contributed by atoms with Crippen molar-refractivity contribution < 1.29 is 58.2 Å². The van der Waals surface area contributed by atoms with Crippen LogP contribution in [0.15, 0.2) is 72.9 Å². The van der Waals surface area contributed by atoms with Gasteiger partial charge in [-0.1, -0.05) is 273 Å². The third-order valence-corrected chi connectivity index (χ3v) is 14.3. The Morgan fingerprint density at radius 2 is 0.797 bits per heavy atom. The molecule has 12 heteroatoms. The zero-order chi connectivity index (χ0) is 57.5. The number of carboxylic acids is 1. The normalized spacial score (nSPS) is 18.3. The first-order valence-corrected chi connectivity index (χ1v) is 31.9. The zero-order valence-corrected chi connectivity index (χ0v) is 50.1. The Balaban J connectivity index is 2.69. The van der Waals surface area contributed by atoms with Gasteiger partial charge in [-0.2, -0.15) is 0 Å². The Bertz CT molecular complexity index is 1650. The van der Waals surface area contributed by atoms with E-state index in [4.69, 9.17) is 23.7 Å². The summed E-state index contributed by atoms with van der Waals surface area (Å²) in [7, 11) is 0. The number of carboxylic acid groups (broad SMARTS) is 1. The second-order valence-corrected chi connectivity index (χ2v) is 21.7. The summed E-state index contributed by atoms with van der Waals surface area (Å²) < 4.78 is 28.4. The fourth-order valence-electron chi connectivity index (χ4n) is 9.45. The van der Waals surface area contributed by atoms with Crippen LogP contribution in [0.1, 0.15) is 278 Å². The summed E-state index contributed by atoms with van der Waals surface area (Å²) in [5, 5.41) is 31.5. The third-order valence-electron chi connectivity index (χ3n) is 14.3. The van der Waals surface area contributed by atoms with Gasteiger partial charge in [0.15, 0.2) is 24.6 Å². The van der Waals surface area contributed by atoms with Gasteiger partial charge in [-0.25, -0.2) is 4.79 Å². The van der Waals surface area contributed by atoms with E-state index in [-0.39, 0.29) is 25.9 Å². The van der Waals surface area contributed by atoms with E-state index >= 15 is 0 Å². The average molecular weight is 1110 g/mol. The summed E-state index contributed by atoms with van der Waals surface area (Å²) in [5.74, 6) is -3.21. The zero-order valence-electron chi connectivity index (χ0n) is 50.1. The molecule has 1 fully saturated rings. The van der Waals surface area contributed by atoms with Crippen molar-refractivity contribution in [2.24, 2.45) is 0 Å². The maximum atomic E-state index is 13.2. The van der Waals surface area contributed by atoms with Gasteiger partial charge in [0.2, 0.25) is 0 Å². The molecule has 0 spiro atoms. The quantitative estimate of drug-likeness (QED) is 0.0228. The lowest BCUT2D eigenvalue weighted by Gasteiger charge is -2.40. The molecule has 0 amide bonds. The van der Waals surface area contributed by atoms with Crippen LogP contribution in [0.4, 0.5) is 0 Å². The Morgan fingerprint density at radius 1 is 0.430 bits per heavy atom. The fourth-order valence-corrected chi connectivity index (χ4v) is 9.45. The summed E-state index contributed by atoms with van der Waals surface area (Å²) in [6.45, 7) is 5.83. The molecule has 0 aromatic rings. The summed E-state index contributed by atoms with van der Waals surface area (Å²) in [4.78, 5) is 51.2. The maximum absolute atomic E-state index is 13.2. The van der Waals surface area contributed by atoms with Crippen molar-refractivity contribution >= 4 is 23.9 Å². The fraction of sp³-hybridized carbons (Fsp3) is 0.761. The number of rotatable bonds is 54. The molecule has 6 atom stereocenters. The van der Waals surface area contributed by atoms with E-state index in [2.05, 4.69) is 81.5 Å². The van der Waals surface area contributed by atoms with Gasteiger partial charge in [0.1, 0.15) is 18.8 Å². The van der Waals surface area contributed by atoms with Crippen LogP contribution < -0.4 is 0 Å². The second-order valence-electron chi connectivity index (χ2n) is 21.7. The van der Waals surface area contributed by atoms with Gasteiger partial charge in [-0.05, 0) is 57.8 Å². The van der Waals surface area contributed by atoms with Gasteiger partial charge < -0.3 is 39.0 Å². The number of unbranched alkanes of at least 4 members (excludes halogenated alkanes) is 28. The Labute approximate surface area is 480 Å². The van der Waals surface area contributed by atoms with Crippen LogP contribution in [0.3, 0.4) is 0 Å². The largest absolute Gasteiger partial charge is 0.479 e. The Hall–Kier alpha value is -3.84. The maximum Gasteiger partial charge on any atom is 0.335 e. The molecule has 79 heavy (non-hydrogen) atoms. The van der Waals surface area contributed by atoms with Crippen LogP contribution in [-0.4, -0.2) is 89.2 Å². The number of esters is 3. The van der Waals surface area contributed by atoms with Crippen LogP contribution in [0.5, 0.6) is 0 Å². The average Bonchev–Trinajstić information content (AvgIpc) is 3.47. The van der Waals surface area contributed by atoms with Gasteiger partial charge in [0.25, 0.3) is 0 Å². The summed E-state index contributed by atoms with van der Waals surface area (Å²) >= 11 is 0. The number of hydrogen-bond donors (Lipinski definition) is 3. The number of carbonyl (C=O) groups is 4. The van der Waals surface area contributed by atoms with E-state index in [1.807, 2.05) is 12.2 Å². The number of carbonyl (C=O) groups excluding carboxylic acids is 3. The molecule has 0 bridgehead atoms. The highest BCUT2D eigenvalue weighted by atomic mass is 16.7. The first kappa shape index (κ1) is 73.2. The van der Waals surface area contributed by atoms with Gasteiger partial charge in [0, 0.05) is 19.3 Å². The van der Waals surface area contributed by atoms with Crippen molar-refractivity contribution in [3.8, 4) is 0 Å². The van der Waals surface area contributed by atoms with E-state index in [0.717, 1.165) is 83.5 Å². The second kappa shape index (κ2) is 54.7. The smallest absolute Gasteiger partial charge is 0.335 e. The van der Waals surface area contributed by atoms with E-state index in [1.54, 1.807) is 0 Å². The molecule has 0 aliphatic carbocycles. The van der Waals surface area contributed by atoms with Crippen molar-refractivity contribution in [3.05, 3.63) is 72.9 Å². The molecule has 1 aliphatic heterocycles. The third kappa shape index (κ3) is 44.5. The molecule has 1 saturated heterocycles. The minimum atomic E-state index is -1.91. The van der Waals surface area contributed by atoms with E-state index in [1.165, 1.54) is 135 Å². The van der Waals surface area contributed by atoms with E-state index in [9.17, 15) is 34.5 Å². The van der Waals surface area contributed by atoms with Crippen molar-refractivity contribution in [3.63, 3.8) is 0 Å². The molecule has 0 aromatic carbocycles. The Morgan fingerprint density at radius 3 is 1.19 bits per heavy atom. The number of allylic oxidation sites excluding steroid dienone is 12. The first-order valence-electron chi connectivity index (χ1n) is 31.9. The predicted molar refractivity (Wildman–Crippen MR) is 322 cm³/mol. The summed E-state index contributed by atoms with van der Waals surface area (Å²) in [5.41, 5.74) is 0. The van der Waals surface area contributed by atoms with Crippen molar-refractivity contribution in [1.82, 2.24) is 0 Å². The molecule has 12 nitrogen and oxygen atoms in total. The van der Waals surface area contributed by atoms with Gasteiger partial charge >= 0.3 is 23.9 Å². The molecule has 1 rings (SSSR count). The lowest BCUT2D eigenvalue weighted by Crippen LogP contribution is -2.61. The van der Waals surface area contributed by atoms with Crippen molar-refractivity contribution in [2.45, 2.75) is 314 Å². The highest BCUT2D eigenvalue weighted by Crippen LogP contribution is 2.27. The molecule has 0 radical (unpaired) electrons. The van der Waals surface area contributed by atoms with Gasteiger partial charge in [-0.3, -0.25) is 14.4 Å². The number of ether oxygens (including phenoxy) is 5. The van der Waals surface area contributed by atoms with E-state index in [0.29, 0.717) is 19.3 Å². The van der Waals surface area contributed by atoms with Crippen LogP contribution in [0.25, 0.3) is 0 Å². The lowest BCUT2D eigenvalue weighted by atomic mass is 9.98. The number of aliphatic hydroxyl groups excluding tert-OH is 2. The van der Waals surface area contributed by atoms with Crippen LogP contribution in [0.2, 0.25) is 0 Å². The molecule has 1 heterocycles. The molecule has 1 aliphatic rings. The lowest BCUT2D eigenvalue weighted by molar-refractivity contribution is -0.301. The van der Waals surface area contributed by atoms with Crippen molar-refractivity contribution in [1.29, 1.82) is 0 Å². The SMILES string of the molecule is CC/C=C\C/C=C\C/C=C\C/C=C\C/C=C\C/C=C\CCC(=O)OCC(COC1OC(C(=O)O)C(O)C(O)C1OC(=O)CCCCCCCCCCCCC)OC(=O)CCCCCCCCCCCCCCCCCCCCC. The van der Waals surface area contributed by atoms with Crippen LogP contribution in [-0.2, 0) is 42.9 Å². The highest BCUT2D eigenvalue weighted by Gasteiger charge is 2.50. The molecule has 0 saturated carbocycles. The monoisotopic (exact) mass is 1110 g/mol. The minimum Gasteiger partial charge on any atom is -0.479 e. The van der Waals surface area contributed by atoms with Crippen LogP contribution >= 0.6 is 0 Å². The molecular weight excluding hydrogens is 997 g/mol. The van der Waals surface area contributed by atoms with Gasteiger partial charge in [0.05, 0.1) is 6.61 Å². The number of aliphatic carboxylic acids is 1. The topological polar surface area (TPSA) is 175 Å². The molecule has 0 aromatic heterocycles. The summed E-state index contributed by atoms with van der Waals surface area (Å²) in [6.07, 6.45) is 57.5. The predicted octanol–water partition coefficient (Wildman–Crippen LogP) is 16.9. The minimum absolute atomic E-state index is 0.0552. The standard InChI is InChI=1S/C67H114O12/c1-4-7-10-13-16-19-22-24-26-28-30-32-34-36-39-41-44-47-50-53-59(68)75-56-58(77-60(69)54-51-48-45-43-40-37-35-33-31-29-27-25-23-20-17-14-11-8-5-2)57-76-67-65(63(72)62(71)64(79-67)66(73)74)78-61(70)55-52-49-46-42-38-21-18-15-12-9-6-3/h7,10,16,19,24,26,30,32,36,39,44,47,58,62-65,67,71-72H,4-6,8-9,11-15,17-18,20-23,25,27-29,31,33-35,37-38,40-43,45-46,48-57H2,1-3H3,(H,73,74)/b10-7-,19-16-,26-24-,32-30-,39-36-,47-44-.